The summed E-state index contributed by atoms with van der Waals surface area (Å²) in [6.45, 7) is 4.42. The van der Waals surface area contributed by atoms with E-state index in [-0.39, 0.29) is 0 Å². The first kappa shape index (κ1) is 15.1. The SMILES string of the molecule is Cc1ccccc1OCCN(C)Cc1ccc(C#N)cc1. The minimum absolute atomic E-state index is 0.664. The van der Waals surface area contributed by atoms with Gasteiger partial charge in [0.15, 0.2) is 0 Å². The number of aryl methyl sites for hydroxylation is 1. The van der Waals surface area contributed by atoms with Crippen LogP contribution in [0.15, 0.2) is 48.5 Å². The molecule has 0 atom stereocenters. The number of ether oxygens (including phenoxy) is 1. The third-order valence-corrected chi connectivity index (χ3v) is 3.36. The Balaban J connectivity index is 1.78. The number of rotatable bonds is 6. The summed E-state index contributed by atoms with van der Waals surface area (Å²) in [5, 5.41) is 8.78. The van der Waals surface area contributed by atoms with Gasteiger partial charge < -0.3 is 4.74 Å². The van der Waals surface area contributed by atoms with Gasteiger partial charge >= 0.3 is 0 Å². The standard InChI is InChI=1S/C18H20N2O/c1-15-5-3-4-6-18(15)21-12-11-20(2)14-17-9-7-16(13-19)8-10-17/h3-10H,11-12,14H2,1-2H3. The molecule has 0 bridgehead atoms. The lowest BCUT2D eigenvalue weighted by molar-refractivity contribution is 0.232. The highest BCUT2D eigenvalue weighted by atomic mass is 16.5. The molecule has 21 heavy (non-hydrogen) atoms. The molecule has 0 unspecified atom stereocenters. The lowest BCUT2D eigenvalue weighted by Crippen LogP contribution is -2.24. The number of hydrogen-bond donors (Lipinski definition) is 0. The van der Waals surface area contributed by atoms with Gasteiger partial charge in [0, 0.05) is 13.1 Å². The summed E-state index contributed by atoms with van der Waals surface area (Å²) in [6, 6.07) is 17.9. The number of hydrogen-bond acceptors (Lipinski definition) is 3. The normalized spacial score (nSPS) is 10.4. The van der Waals surface area contributed by atoms with Crippen LogP contribution in [0.3, 0.4) is 0 Å². The molecule has 3 nitrogen and oxygen atoms in total. The molecule has 3 heteroatoms. The van der Waals surface area contributed by atoms with Crippen LogP contribution in [0.5, 0.6) is 5.75 Å². The zero-order valence-electron chi connectivity index (χ0n) is 12.5. The van der Waals surface area contributed by atoms with E-state index in [1.807, 2.05) is 42.5 Å². The van der Waals surface area contributed by atoms with Gasteiger partial charge in [-0.25, -0.2) is 0 Å². The van der Waals surface area contributed by atoms with Crippen LogP contribution in [0.4, 0.5) is 0 Å². The van der Waals surface area contributed by atoms with Crippen LogP contribution < -0.4 is 4.74 Å². The van der Waals surface area contributed by atoms with Crippen molar-refractivity contribution in [2.24, 2.45) is 0 Å². The molecule has 0 aromatic heterocycles. The molecule has 0 heterocycles. The fourth-order valence-corrected chi connectivity index (χ4v) is 2.11. The second-order valence-electron chi connectivity index (χ2n) is 5.16. The summed E-state index contributed by atoms with van der Waals surface area (Å²) < 4.78 is 5.80. The van der Waals surface area contributed by atoms with Gasteiger partial charge in [-0.2, -0.15) is 5.26 Å². The molecule has 0 N–H and O–H groups in total. The summed E-state index contributed by atoms with van der Waals surface area (Å²) in [5.74, 6) is 0.948. The number of para-hydroxylation sites is 1. The van der Waals surface area contributed by atoms with Crippen molar-refractivity contribution in [2.45, 2.75) is 13.5 Å². The fraction of sp³-hybridized carbons (Fsp3) is 0.278. The van der Waals surface area contributed by atoms with E-state index in [0.717, 1.165) is 24.4 Å². The van der Waals surface area contributed by atoms with Crippen molar-refractivity contribution >= 4 is 0 Å². The summed E-state index contributed by atoms with van der Waals surface area (Å²) >= 11 is 0. The highest BCUT2D eigenvalue weighted by Crippen LogP contribution is 2.16. The summed E-state index contributed by atoms with van der Waals surface area (Å²) in [5.41, 5.74) is 3.06. The summed E-state index contributed by atoms with van der Waals surface area (Å²) in [6.07, 6.45) is 0. The second-order valence-corrected chi connectivity index (χ2v) is 5.16. The minimum Gasteiger partial charge on any atom is -0.492 e. The van der Waals surface area contributed by atoms with Crippen molar-refractivity contribution in [3.63, 3.8) is 0 Å². The van der Waals surface area contributed by atoms with Crippen LogP contribution in [0.25, 0.3) is 0 Å². The van der Waals surface area contributed by atoms with Gasteiger partial charge in [-0.3, -0.25) is 4.90 Å². The Hall–Kier alpha value is -2.31. The summed E-state index contributed by atoms with van der Waals surface area (Å²) in [4.78, 5) is 2.21. The van der Waals surface area contributed by atoms with Gasteiger partial charge in [-0.15, -0.1) is 0 Å². The van der Waals surface area contributed by atoms with Crippen molar-refractivity contribution in [3.8, 4) is 11.8 Å². The van der Waals surface area contributed by atoms with Gasteiger partial charge in [-0.05, 0) is 43.3 Å². The fourth-order valence-electron chi connectivity index (χ4n) is 2.11. The van der Waals surface area contributed by atoms with Crippen LogP contribution >= 0.6 is 0 Å². The van der Waals surface area contributed by atoms with Crippen molar-refractivity contribution in [3.05, 3.63) is 65.2 Å². The molecule has 0 spiro atoms. The van der Waals surface area contributed by atoms with Crippen LogP contribution in [-0.2, 0) is 6.54 Å². The van der Waals surface area contributed by atoms with Crippen molar-refractivity contribution in [1.29, 1.82) is 5.26 Å². The molecule has 0 saturated carbocycles. The van der Waals surface area contributed by atoms with E-state index in [0.29, 0.717) is 12.2 Å². The Bertz CT molecular complexity index is 614. The molecular weight excluding hydrogens is 260 g/mol. The monoisotopic (exact) mass is 280 g/mol. The zero-order chi connectivity index (χ0) is 15.1. The van der Waals surface area contributed by atoms with Crippen LogP contribution in [0.2, 0.25) is 0 Å². The molecule has 0 radical (unpaired) electrons. The molecule has 0 fully saturated rings. The number of nitriles is 1. The molecule has 0 aliphatic rings. The van der Waals surface area contributed by atoms with Gasteiger partial charge in [0.25, 0.3) is 0 Å². The van der Waals surface area contributed by atoms with E-state index in [1.165, 1.54) is 5.56 Å². The molecule has 2 rings (SSSR count). The van der Waals surface area contributed by atoms with Crippen molar-refractivity contribution in [1.82, 2.24) is 4.90 Å². The lowest BCUT2D eigenvalue weighted by atomic mass is 10.1. The van der Waals surface area contributed by atoms with Gasteiger partial charge in [0.05, 0.1) is 11.6 Å². The Labute approximate surface area is 126 Å². The highest BCUT2D eigenvalue weighted by Gasteiger charge is 2.02. The van der Waals surface area contributed by atoms with E-state index >= 15 is 0 Å². The molecule has 2 aromatic carbocycles. The Morgan fingerprint density at radius 2 is 1.81 bits per heavy atom. The Kier molecular flexibility index (Phi) is 5.36. The van der Waals surface area contributed by atoms with E-state index in [1.54, 1.807) is 0 Å². The smallest absolute Gasteiger partial charge is 0.122 e. The lowest BCUT2D eigenvalue weighted by Gasteiger charge is -2.17. The molecule has 2 aromatic rings. The maximum absolute atomic E-state index is 8.78. The van der Waals surface area contributed by atoms with Gasteiger partial charge in [0.1, 0.15) is 12.4 Å². The maximum Gasteiger partial charge on any atom is 0.122 e. The van der Waals surface area contributed by atoms with Crippen LogP contribution in [-0.4, -0.2) is 25.1 Å². The van der Waals surface area contributed by atoms with E-state index < -0.39 is 0 Å². The molecular formula is C18H20N2O. The van der Waals surface area contributed by atoms with Gasteiger partial charge in [0.2, 0.25) is 0 Å². The topological polar surface area (TPSA) is 36.3 Å². The molecule has 108 valence electrons. The van der Waals surface area contributed by atoms with E-state index in [4.69, 9.17) is 10.00 Å². The van der Waals surface area contributed by atoms with E-state index in [9.17, 15) is 0 Å². The average molecular weight is 280 g/mol. The molecule has 0 amide bonds. The van der Waals surface area contributed by atoms with Gasteiger partial charge in [-0.1, -0.05) is 30.3 Å². The maximum atomic E-state index is 8.78. The predicted molar refractivity (Wildman–Crippen MR) is 84.2 cm³/mol. The first-order chi connectivity index (χ1) is 10.2. The third kappa shape index (κ3) is 4.62. The highest BCUT2D eigenvalue weighted by molar-refractivity contribution is 5.32. The first-order valence-corrected chi connectivity index (χ1v) is 7.05. The predicted octanol–water partition coefficient (Wildman–Crippen LogP) is 3.38. The van der Waals surface area contributed by atoms with Crippen molar-refractivity contribution in [2.75, 3.05) is 20.2 Å². The third-order valence-electron chi connectivity index (χ3n) is 3.36. The number of benzene rings is 2. The molecule has 0 saturated heterocycles. The van der Waals surface area contributed by atoms with Crippen molar-refractivity contribution < 1.29 is 4.74 Å². The summed E-state index contributed by atoms with van der Waals surface area (Å²) in [7, 11) is 2.07. The first-order valence-electron chi connectivity index (χ1n) is 7.05. The Morgan fingerprint density at radius 1 is 1.10 bits per heavy atom. The van der Waals surface area contributed by atoms with Crippen LogP contribution in [0.1, 0.15) is 16.7 Å². The van der Waals surface area contributed by atoms with Crippen LogP contribution in [0, 0.1) is 18.3 Å². The average Bonchev–Trinajstić information content (AvgIpc) is 2.50. The number of likely N-dealkylation sites (N-methyl/N-ethyl adjacent to an activating group) is 1. The molecule has 0 aliphatic carbocycles. The van der Waals surface area contributed by atoms with E-state index in [2.05, 4.69) is 31.0 Å². The quantitative estimate of drug-likeness (QED) is 0.814. The second kappa shape index (κ2) is 7.47. The molecule has 0 aliphatic heterocycles. The largest absolute Gasteiger partial charge is 0.492 e. The minimum atomic E-state index is 0.664. The Morgan fingerprint density at radius 3 is 2.48 bits per heavy atom. The zero-order valence-corrected chi connectivity index (χ0v) is 12.5. The number of nitrogens with zero attached hydrogens (tertiary/aromatic N) is 2.